The second-order valence-electron chi connectivity index (χ2n) is 7.26. The zero-order valence-corrected chi connectivity index (χ0v) is 17.1. The molecule has 0 bridgehead atoms. The number of pyridine rings is 1. The first-order chi connectivity index (χ1) is 14.5. The van der Waals surface area contributed by atoms with Crippen molar-refractivity contribution in [3.8, 4) is 5.69 Å². The van der Waals surface area contributed by atoms with Crippen molar-refractivity contribution in [2.75, 3.05) is 0 Å². The lowest BCUT2D eigenvalue weighted by Crippen LogP contribution is -2.25. The molecule has 30 heavy (non-hydrogen) atoms. The fourth-order valence-electron chi connectivity index (χ4n) is 3.66. The van der Waals surface area contributed by atoms with Crippen molar-refractivity contribution in [1.82, 2.24) is 9.55 Å². The van der Waals surface area contributed by atoms with Crippen molar-refractivity contribution in [2.45, 2.75) is 26.9 Å². The largest absolute Gasteiger partial charge is 0.450 e. The third-order valence-electron chi connectivity index (χ3n) is 5.17. The summed E-state index contributed by atoms with van der Waals surface area (Å²) in [5, 5.41) is 0.937. The summed E-state index contributed by atoms with van der Waals surface area (Å²) in [5.41, 5.74) is 4.17. The number of hydrogen-bond acceptors (Lipinski definition) is 4. The van der Waals surface area contributed by atoms with E-state index < -0.39 is 12.1 Å². The number of fused-ring (bicyclic) bond motifs is 1. The number of benzene rings is 2. The van der Waals surface area contributed by atoms with Gasteiger partial charge in [0.25, 0.3) is 0 Å². The van der Waals surface area contributed by atoms with E-state index in [-0.39, 0.29) is 11.5 Å². The predicted octanol–water partition coefficient (Wildman–Crippen LogP) is 5.07. The number of rotatable bonds is 5. The molecule has 0 saturated heterocycles. The molecule has 0 amide bonds. The van der Waals surface area contributed by atoms with Gasteiger partial charge in [-0.05, 0) is 51.1 Å². The van der Waals surface area contributed by atoms with Gasteiger partial charge in [-0.1, -0.05) is 42.5 Å². The minimum atomic E-state index is -0.921. The lowest BCUT2D eigenvalue weighted by atomic mass is 10.1. The number of hydrogen-bond donors (Lipinski definition) is 0. The fourth-order valence-corrected chi connectivity index (χ4v) is 3.66. The first-order valence-electron chi connectivity index (χ1n) is 9.81. The molecule has 0 spiro atoms. The van der Waals surface area contributed by atoms with Gasteiger partial charge in [-0.15, -0.1) is 0 Å². The summed E-state index contributed by atoms with van der Waals surface area (Å²) in [5.74, 6) is -0.849. The van der Waals surface area contributed by atoms with Crippen molar-refractivity contribution in [1.29, 1.82) is 0 Å². The summed E-state index contributed by atoms with van der Waals surface area (Å²) in [6.45, 7) is 5.44. The number of aryl methyl sites for hydroxylation is 1. The minimum Gasteiger partial charge on any atom is -0.450 e. The topological polar surface area (TPSA) is 61.2 Å². The molecule has 0 aliphatic heterocycles. The fraction of sp³-hybridized carbons (Fsp3) is 0.160. The summed E-state index contributed by atoms with van der Waals surface area (Å²) in [4.78, 5) is 29.9. The van der Waals surface area contributed by atoms with Gasteiger partial charge in [-0.25, -0.2) is 9.78 Å². The second-order valence-corrected chi connectivity index (χ2v) is 7.26. The van der Waals surface area contributed by atoms with Gasteiger partial charge in [0.05, 0.1) is 5.52 Å². The molecule has 5 nitrogen and oxygen atoms in total. The van der Waals surface area contributed by atoms with Crippen molar-refractivity contribution < 1.29 is 14.3 Å². The summed E-state index contributed by atoms with van der Waals surface area (Å²) >= 11 is 0. The Balaban J connectivity index is 1.55. The smallest absolute Gasteiger partial charge is 0.357 e. The molecule has 5 heteroatoms. The SMILES string of the molecule is Cc1cc(C(=O)[C@H](C)OC(=O)c2ccc3ccccc3n2)c(C)n1-c1ccccc1. The molecule has 0 radical (unpaired) electrons. The Morgan fingerprint density at radius 1 is 0.933 bits per heavy atom. The summed E-state index contributed by atoms with van der Waals surface area (Å²) in [6.07, 6.45) is -0.921. The van der Waals surface area contributed by atoms with Crippen LogP contribution in [0.3, 0.4) is 0 Å². The zero-order valence-electron chi connectivity index (χ0n) is 17.1. The lowest BCUT2D eigenvalue weighted by Gasteiger charge is -2.13. The van der Waals surface area contributed by atoms with E-state index in [2.05, 4.69) is 4.98 Å². The van der Waals surface area contributed by atoms with Crippen LogP contribution in [-0.4, -0.2) is 27.4 Å². The maximum absolute atomic E-state index is 13.0. The van der Waals surface area contributed by atoms with E-state index in [0.717, 1.165) is 22.5 Å². The number of ketones is 1. The molecule has 0 saturated carbocycles. The third kappa shape index (κ3) is 3.62. The molecule has 0 fully saturated rings. The van der Waals surface area contributed by atoms with Gasteiger partial charge in [0.15, 0.2) is 6.10 Å². The standard InChI is InChI=1S/C25H22N2O3/c1-16-15-21(17(2)27(16)20-10-5-4-6-11-20)24(28)18(3)30-25(29)23-14-13-19-9-7-8-12-22(19)26-23/h4-15,18H,1-3H3/t18-/m0/s1. The highest BCUT2D eigenvalue weighted by atomic mass is 16.5. The maximum Gasteiger partial charge on any atom is 0.357 e. The maximum atomic E-state index is 13.0. The first-order valence-corrected chi connectivity index (χ1v) is 9.81. The van der Waals surface area contributed by atoms with Gasteiger partial charge < -0.3 is 9.30 Å². The minimum absolute atomic E-state index is 0.183. The molecule has 0 N–H and O–H groups in total. The number of ether oxygens (including phenoxy) is 1. The Labute approximate surface area is 174 Å². The Bertz CT molecular complexity index is 1240. The molecule has 2 aromatic heterocycles. The third-order valence-corrected chi connectivity index (χ3v) is 5.17. The molecular weight excluding hydrogens is 376 g/mol. The Kier molecular flexibility index (Phi) is 5.19. The van der Waals surface area contributed by atoms with Crippen LogP contribution in [0.2, 0.25) is 0 Å². The molecule has 4 rings (SSSR count). The quantitative estimate of drug-likeness (QED) is 0.348. The number of Topliss-reactive ketones (excluding diaryl/α,β-unsaturated/α-hetero) is 1. The van der Waals surface area contributed by atoms with Crippen molar-refractivity contribution in [2.24, 2.45) is 0 Å². The van der Waals surface area contributed by atoms with Gasteiger partial charge in [-0.3, -0.25) is 4.79 Å². The van der Waals surface area contributed by atoms with Crippen molar-refractivity contribution >= 4 is 22.7 Å². The Morgan fingerprint density at radius 3 is 2.40 bits per heavy atom. The Morgan fingerprint density at radius 2 is 1.63 bits per heavy atom. The van der Waals surface area contributed by atoms with Gasteiger partial charge in [-0.2, -0.15) is 0 Å². The monoisotopic (exact) mass is 398 g/mol. The lowest BCUT2D eigenvalue weighted by molar-refractivity contribution is 0.0313. The van der Waals surface area contributed by atoms with E-state index in [0.29, 0.717) is 11.1 Å². The average Bonchev–Trinajstić information content (AvgIpc) is 3.07. The van der Waals surface area contributed by atoms with Gasteiger partial charge in [0.1, 0.15) is 5.69 Å². The highest BCUT2D eigenvalue weighted by Gasteiger charge is 2.25. The second kappa shape index (κ2) is 7.95. The Hall–Kier alpha value is -3.73. The van der Waals surface area contributed by atoms with Crippen LogP contribution in [-0.2, 0) is 4.74 Å². The predicted molar refractivity (Wildman–Crippen MR) is 116 cm³/mol. The van der Waals surface area contributed by atoms with Gasteiger partial charge >= 0.3 is 5.97 Å². The average molecular weight is 398 g/mol. The molecule has 150 valence electrons. The van der Waals surface area contributed by atoms with E-state index >= 15 is 0 Å². The number of aromatic nitrogens is 2. The van der Waals surface area contributed by atoms with E-state index in [1.807, 2.05) is 85.1 Å². The van der Waals surface area contributed by atoms with Crippen LogP contribution in [0.5, 0.6) is 0 Å². The van der Waals surface area contributed by atoms with Crippen LogP contribution < -0.4 is 0 Å². The van der Waals surface area contributed by atoms with E-state index in [1.165, 1.54) is 0 Å². The van der Waals surface area contributed by atoms with Crippen LogP contribution in [0, 0.1) is 13.8 Å². The first kappa shape index (κ1) is 19.6. The molecule has 2 aromatic carbocycles. The molecular formula is C25H22N2O3. The van der Waals surface area contributed by atoms with Gasteiger partial charge in [0, 0.05) is 28.0 Å². The molecule has 0 unspecified atom stereocenters. The van der Waals surface area contributed by atoms with E-state index in [9.17, 15) is 9.59 Å². The van der Waals surface area contributed by atoms with Crippen LogP contribution >= 0.6 is 0 Å². The van der Waals surface area contributed by atoms with E-state index in [4.69, 9.17) is 4.74 Å². The molecule has 2 heterocycles. The number of carbonyl (C=O) groups excluding carboxylic acids is 2. The normalized spacial score (nSPS) is 12.0. The number of nitrogens with zero attached hydrogens (tertiary/aromatic N) is 2. The molecule has 1 atom stereocenters. The molecule has 0 aliphatic carbocycles. The van der Waals surface area contributed by atoms with Crippen molar-refractivity contribution in [3.05, 3.63) is 95.4 Å². The van der Waals surface area contributed by atoms with Crippen LogP contribution in [0.25, 0.3) is 16.6 Å². The number of esters is 1. The summed E-state index contributed by atoms with van der Waals surface area (Å²) in [6, 6.07) is 22.6. The van der Waals surface area contributed by atoms with Gasteiger partial charge in [0.2, 0.25) is 5.78 Å². The summed E-state index contributed by atoms with van der Waals surface area (Å²) < 4.78 is 7.47. The van der Waals surface area contributed by atoms with Crippen molar-refractivity contribution in [3.63, 3.8) is 0 Å². The number of para-hydroxylation sites is 2. The van der Waals surface area contributed by atoms with E-state index in [1.54, 1.807) is 13.0 Å². The zero-order chi connectivity index (χ0) is 21.3. The van der Waals surface area contributed by atoms with Crippen LogP contribution in [0.1, 0.15) is 39.2 Å². The summed E-state index contributed by atoms with van der Waals surface area (Å²) in [7, 11) is 0. The molecule has 4 aromatic rings. The van der Waals surface area contributed by atoms with Crippen LogP contribution in [0.15, 0.2) is 72.8 Å². The molecule has 0 aliphatic rings. The number of carbonyl (C=O) groups is 2. The van der Waals surface area contributed by atoms with Crippen LogP contribution in [0.4, 0.5) is 0 Å². The highest BCUT2D eigenvalue weighted by Crippen LogP contribution is 2.23. The highest BCUT2D eigenvalue weighted by molar-refractivity contribution is 6.02.